The molecule has 2 aliphatic carbocycles. The number of hydrogen-bond acceptors (Lipinski definition) is 5. The van der Waals surface area contributed by atoms with Crippen molar-refractivity contribution < 1.29 is 9.50 Å². The number of nitrogens with one attached hydrogen (secondary N) is 1. The molecular formula is C21H20FN5O. The number of halogens is 1. The minimum atomic E-state index is -0.926. The highest BCUT2D eigenvalue weighted by Gasteiger charge is 2.30. The molecule has 0 unspecified atom stereocenters. The molecule has 2 saturated carbocycles. The van der Waals surface area contributed by atoms with Gasteiger partial charge in [0.2, 0.25) is 5.95 Å². The van der Waals surface area contributed by atoms with E-state index in [9.17, 15) is 9.50 Å². The first-order valence-electron chi connectivity index (χ1n) is 9.58. The van der Waals surface area contributed by atoms with E-state index in [0.717, 1.165) is 48.5 Å². The number of H-pyrrole nitrogens is 1. The van der Waals surface area contributed by atoms with Gasteiger partial charge in [-0.25, -0.2) is 19.3 Å². The molecule has 5 rings (SSSR count). The maximum absolute atomic E-state index is 14.4. The number of hydrogen-bond donors (Lipinski definition) is 3. The van der Waals surface area contributed by atoms with E-state index in [0.29, 0.717) is 30.0 Å². The fourth-order valence-electron chi connectivity index (χ4n) is 3.90. The van der Waals surface area contributed by atoms with E-state index in [2.05, 4.69) is 26.8 Å². The van der Waals surface area contributed by atoms with Gasteiger partial charge in [0.05, 0.1) is 17.4 Å². The lowest BCUT2D eigenvalue weighted by atomic mass is 10.0. The molecule has 0 saturated heterocycles. The number of pyridine rings is 1. The van der Waals surface area contributed by atoms with Gasteiger partial charge in [0.25, 0.3) is 0 Å². The summed E-state index contributed by atoms with van der Waals surface area (Å²) >= 11 is 0. The average Bonchev–Trinajstić information content (AvgIpc) is 3.31. The second kappa shape index (κ2) is 6.28. The molecule has 3 aromatic rings. The lowest BCUT2D eigenvalue weighted by Crippen LogP contribution is -2.20. The molecule has 3 heterocycles. The second-order valence-electron chi connectivity index (χ2n) is 7.71. The smallest absolute Gasteiger partial charge is 0.220 e. The van der Waals surface area contributed by atoms with Crippen LogP contribution in [0.1, 0.15) is 55.8 Å². The van der Waals surface area contributed by atoms with Gasteiger partial charge in [-0.05, 0) is 50.5 Å². The van der Waals surface area contributed by atoms with E-state index in [1.807, 2.05) is 6.07 Å². The average molecular weight is 377 g/mol. The zero-order chi connectivity index (χ0) is 19.3. The molecule has 0 aliphatic heterocycles. The van der Waals surface area contributed by atoms with Crippen LogP contribution < -0.4 is 5.73 Å². The number of fused-ring (bicyclic) bond motifs is 1. The Morgan fingerprint density at radius 2 is 2.04 bits per heavy atom. The standard InChI is InChI=1S/C21H20FN5O/c22-16-11-25-20(23)27-18(16)15-10-24-19-14(15)9-13(26-17(19)12-3-4-12)5-8-21(28)6-1-2-7-21/h9-12,24,28H,1-4,6-7H2,(H2,23,25,27). The lowest BCUT2D eigenvalue weighted by molar-refractivity contribution is 0.110. The summed E-state index contributed by atoms with van der Waals surface area (Å²) < 4.78 is 14.4. The van der Waals surface area contributed by atoms with Gasteiger partial charge in [-0.3, -0.25) is 0 Å². The predicted molar refractivity (Wildman–Crippen MR) is 104 cm³/mol. The van der Waals surface area contributed by atoms with Crippen molar-refractivity contribution in [2.24, 2.45) is 0 Å². The molecule has 0 spiro atoms. The minimum absolute atomic E-state index is 0.0192. The normalized spacial score (nSPS) is 18.2. The summed E-state index contributed by atoms with van der Waals surface area (Å²) in [6, 6.07) is 1.83. The number of nitrogen functional groups attached to an aromatic ring is 1. The van der Waals surface area contributed by atoms with Crippen molar-refractivity contribution in [2.45, 2.75) is 50.0 Å². The Labute approximate surface area is 161 Å². The van der Waals surface area contributed by atoms with E-state index in [-0.39, 0.29) is 11.6 Å². The van der Waals surface area contributed by atoms with Crippen molar-refractivity contribution in [3.8, 4) is 23.1 Å². The van der Waals surface area contributed by atoms with E-state index in [1.54, 1.807) is 6.20 Å². The SMILES string of the molecule is Nc1ncc(F)c(-c2c[nH]c3c(C4CC4)nc(C#CC4(O)CCCC4)cc23)n1. The van der Waals surface area contributed by atoms with Gasteiger partial charge < -0.3 is 15.8 Å². The Balaban J connectivity index is 1.67. The maximum atomic E-state index is 14.4. The fraction of sp³-hybridized carbons (Fsp3) is 0.381. The number of rotatable bonds is 2. The summed E-state index contributed by atoms with van der Waals surface area (Å²) in [6.45, 7) is 0. The van der Waals surface area contributed by atoms with Crippen molar-refractivity contribution in [3.05, 3.63) is 35.7 Å². The Bertz CT molecular complexity index is 1130. The summed E-state index contributed by atoms with van der Waals surface area (Å²) in [5.41, 5.74) is 7.89. The summed E-state index contributed by atoms with van der Waals surface area (Å²) in [5, 5.41) is 11.3. The fourth-order valence-corrected chi connectivity index (χ4v) is 3.90. The molecule has 2 fully saturated rings. The van der Waals surface area contributed by atoms with E-state index < -0.39 is 11.4 Å². The number of aliphatic hydroxyl groups is 1. The molecule has 0 bridgehead atoms. The Morgan fingerprint density at radius 1 is 1.25 bits per heavy atom. The largest absolute Gasteiger partial charge is 0.378 e. The summed E-state index contributed by atoms with van der Waals surface area (Å²) in [7, 11) is 0. The molecule has 4 N–H and O–H groups in total. The Hall–Kier alpha value is -2.98. The highest BCUT2D eigenvalue weighted by Crippen LogP contribution is 2.43. The number of aromatic amines is 1. The third kappa shape index (κ3) is 3.00. The molecule has 0 radical (unpaired) electrons. The maximum Gasteiger partial charge on any atom is 0.220 e. The predicted octanol–water partition coefficient (Wildman–Crippen LogP) is 3.28. The number of aromatic nitrogens is 4. The third-order valence-electron chi connectivity index (χ3n) is 5.53. The highest BCUT2D eigenvalue weighted by atomic mass is 19.1. The van der Waals surface area contributed by atoms with Crippen LogP contribution in [-0.4, -0.2) is 30.6 Å². The summed E-state index contributed by atoms with van der Waals surface area (Å²) in [5.74, 6) is 5.94. The molecule has 7 heteroatoms. The first kappa shape index (κ1) is 17.1. The molecule has 0 amide bonds. The minimum Gasteiger partial charge on any atom is -0.378 e. The number of anilines is 1. The zero-order valence-electron chi connectivity index (χ0n) is 15.3. The topological polar surface area (TPSA) is 101 Å². The first-order valence-corrected chi connectivity index (χ1v) is 9.58. The van der Waals surface area contributed by atoms with Gasteiger partial charge in [-0.2, -0.15) is 0 Å². The van der Waals surface area contributed by atoms with Gasteiger partial charge in [0.1, 0.15) is 17.0 Å². The molecule has 0 aromatic carbocycles. The van der Waals surface area contributed by atoms with E-state index in [4.69, 9.17) is 10.7 Å². The zero-order valence-corrected chi connectivity index (χ0v) is 15.3. The van der Waals surface area contributed by atoms with Crippen molar-refractivity contribution >= 4 is 16.9 Å². The van der Waals surface area contributed by atoms with Crippen LogP contribution in [-0.2, 0) is 0 Å². The molecular weight excluding hydrogens is 357 g/mol. The van der Waals surface area contributed by atoms with Gasteiger partial charge in [-0.15, -0.1) is 0 Å². The van der Waals surface area contributed by atoms with Crippen LogP contribution in [0, 0.1) is 17.7 Å². The van der Waals surface area contributed by atoms with E-state index >= 15 is 0 Å². The van der Waals surface area contributed by atoms with Crippen LogP contribution in [0.3, 0.4) is 0 Å². The number of nitrogens with zero attached hydrogens (tertiary/aromatic N) is 3. The Morgan fingerprint density at radius 3 is 2.79 bits per heavy atom. The van der Waals surface area contributed by atoms with Crippen LogP contribution in [0.15, 0.2) is 18.5 Å². The van der Waals surface area contributed by atoms with Crippen LogP contribution in [0.5, 0.6) is 0 Å². The summed E-state index contributed by atoms with van der Waals surface area (Å²) in [4.78, 5) is 15.7. The van der Waals surface area contributed by atoms with Gasteiger partial charge >= 0.3 is 0 Å². The van der Waals surface area contributed by atoms with Crippen molar-refractivity contribution in [1.29, 1.82) is 0 Å². The Kier molecular flexibility index (Phi) is 3.84. The number of nitrogens with two attached hydrogens (primary N) is 1. The van der Waals surface area contributed by atoms with Crippen molar-refractivity contribution in [1.82, 2.24) is 19.9 Å². The molecule has 142 valence electrons. The van der Waals surface area contributed by atoms with Crippen molar-refractivity contribution in [2.75, 3.05) is 5.73 Å². The molecule has 28 heavy (non-hydrogen) atoms. The van der Waals surface area contributed by atoms with Gasteiger partial charge in [-0.1, -0.05) is 5.92 Å². The van der Waals surface area contributed by atoms with Crippen LogP contribution >= 0.6 is 0 Å². The van der Waals surface area contributed by atoms with E-state index in [1.165, 1.54) is 0 Å². The molecule has 0 atom stereocenters. The molecule has 2 aliphatic rings. The van der Waals surface area contributed by atoms with Gasteiger partial charge in [0.15, 0.2) is 5.82 Å². The third-order valence-corrected chi connectivity index (χ3v) is 5.53. The van der Waals surface area contributed by atoms with Gasteiger partial charge in [0, 0.05) is 23.1 Å². The first-order chi connectivity index (χ1) is 13.5. The van der Waals surface area contributed by atoms with Crippen LogP contribution in [0.4, 0.5) is 10.3 Å². The second-order valence-corrected chi connectivity index (χ2v) is 7.71. The summed E-state index contributed by atoms with van der Waals surface area (Å²) in [6.07, 6.45) is 8.32. The van der Waals surface area contributed by atoms with Crippen LogP contribution in [0.25, 0.3) is 22.2 Å². The molecule has 3 aromatic heterocycles. The molecule has 6 nitrogen and oxygen atoms in total. The quantitative estimate of drug-likeness (QED) is 0.595. The van der Waals surface area contributed by atoms with Crippen LogP contribution in [0.2, 0.25) is 0 Å². The lowest BCUT2D eigenvalue weighted by Gasteiger charge is -2.12. The monoisotopic (exact) mass is 377 g/mol. The highest BCUT2D eigenvalue weighted by molar-refractivity contribution is 5.96. The van der Waals surface area contributed by atoms with Crippen molar-refractivity contribution in [3.63, 3.8) is 0 Å².